The summed E-state index contributed by atoms with van der Waals surface area (Å²) < 4.78 is 18.4. The fourth-order valence-corrected chi connectivity index (χ4v) is 4.82. The minimum Gasteiger partial charge on any atom is -0.388 e. The number of fused-ring (bicyclic) bond motifs is 2. The first-order chi connectivity index (χ1) is 16.2. The first-order valence-electron chi connectivity index (χ1n) is 10.4. The molecule has 5 rings (SSSR count). The molecule has 0 radical (unpaired) electrons. The zero-order valence-electron chi connectivity index (χ0n) is 17.6. The van der Waals surface area contributed by atoms with E-state index in [9.17, 15) is 14.8 Å². The molecule has 0 saturated carbocycles. The number of halogens is 1. The Morgan fingerprint density at radius 1 is 1.09 bits per heavy atom. The second-order valence-electron chi connectivity index (χ2n) is 8.08. The Bertz CT molecular complexity index is 1410. The average Bonchev–Trinajstić information content (AvgIpc) is 3.33. The Kier molecular flexibility index (Phi) is 6.03. The van der Waals surface area contributed by atoms with Crippen molar-refractivity contribution in [1.29, 1.82) is 0 Å². The van der Waals surface area contributed by atoms with Crippen LogP contribution in [-0.4, -0.2) is 64.0 Å². The van der Waals surface area contributed by atoms with Crippen molar-refractivity contribution in [2.24, 2.45) is 0 Å². The molecule has 4 aromatic rings. The van der Waals surface area contributed by atoms with E-state index in [2.05, 4.69) is 20.3 Å². The molecule has 2 aromatic carbocycles. The van der Waals surface area contributed by atoms with Gasteiger partial charge in [0.2, 0.25) is 5.28 Å². The highest BCUT2D eigenvalue weighted by molar-refractivity contribution is 7.51. The SMILES string of the molecule is O=P(O)(O)CCC1OC(n2cnc3c(Nc4ccc5ccccc5c4)nc(Cl)nc32)C(O)C1O. The number of benzene rings is 2. The third-order valence-corrected chi connectivity index (χ3v) is 6.73. The van der Waals surface area contributed by atoms with Gasteiger partial charge in [-0.1, -0.05) is 30.3 Å². The van der Waals surface area contributed by atoms with Crippen molar-refractivity contribution in [1.82, 2.24) is 19.5 Å². The Labute approximate surface area is 198 Å². The molecule has 3 heterocycles. The zero-order chi connectivity index (χ0) is 24.0. The van der Waals surface area contributed by atoms with Crippen LogP contribution < -0.4 is 5.32 Å². The van der Waals surface area contributed by atoms with Crippen LogP contribution >= 0.6 is 19.2 Å². The summed E-state index contributed by atoms with van der Waals surface area (Å²) in [7, 11) is -4.28. The van der Waals surface area contributed by atoms with Gasteiger partial charge in [0.25, 0.3) is 0 Å². The quantitative estimate of drug-likeness (QED) is 0.194. The van der Waals surface area contributed by atoms with E-state index in [0.29, 0.717) is 11.3 Å². The van der Waals surface area contributed by atoms with Gasteiger partial charge in [-0.05, 0) is 40.9 Å². The summed E-state index contributed by atoms with van der Waals surface area (Å²) in [4.78, 5) is 31.1. The van der Waals surface area contributed by atoms with Gasteiger partial charge in [0, 0.05) is 5.69 Å². The van der Waals surface area contributed by atoms with Gasteiger partial charge in [0.15, 0.2) is 23.2 Å². The van der Waals surface area contributed by atoms with Gasteiger partial charge in [-0.3, -0.25) is 9.13 Å². The lowest BCUT2D eigenvalue weighted by atomic mass is 10.1. The van der Waals surface area contributed by atoms with Crippen molar-refractivity contribution >= 4 is 52.6 Å². The van der Waals surface area contributed by atoms with Crippen molar-refractivity contribution in [3.8, 4) is 0 Å². The average molecular weight is 506 g/mol. The second kappa shape index (κ2) is 8.86. The molecule has 5 N–H and O–H groups in total. The normalized spacial score (nSPS) is 23.1. The molecular formula is C21H21ClN5O6P. The maximum atomic E-state index is 11.2. The van der Waals surface area contributed by atoms with Crippen LogP contribution in [0.25, 0.3) is 21.9 Å². The highest BCUT2D eigenvalue weighted by Gasteiger charge is 2.44. The van der Waals surface area contributed by atoms with Gasteiger partial charge >= 0.3 is 7.60 Å². The maximum absolute atomic E-state index is 11.2. The molecule has 0 aliphatic carbocycles. The van der Waals surface area contributed by atoms with E-state index in [0.717, 1.165) is 16.5 Å². The summed E-state index contributed by atoms with van der Waals surface area (Å²) >= 11 is 6.17. The molecule has 0 spiro atoms. The molecule has 4 unspecified atom stereocenters. The van der Waals surface area contributed by atoms with Crippen LogP contribution in [-0.2, 0) is 9.30 Å². The largest absolute Gasteiger partial charge is 0.388 e. The summed E-state index contributed by atoms with van der Waals surface area (Å²) in [5.41, 5.74) is 1.38. The fraction of sp³-hybridized carbons (Fsp3) is 0.286. The molecule has 13 heteroatoms. The van der Waals surface area contributed by atoms with Crippen molar-refractivity contribution in [3.63, 3.8) is 0 Å². The van der Waals surface area contributed by atoms with E-state index < -0.39 is 38.3 Å². The number of rotatable bonds is 6. The Hall–Kier alpha value is -2.63. The maximum Gasteiger partial charge on any atom is 0.325 e. The Balaban J connectivity index is 1.45. The van der Waals surface area contributed by atoms with Gasteiger partial charge in [0.1, 0.15) is 12.2 Å². The number of aliphatic hydroxyl groups excluding tert-OH is 2. The summed E-state index contributed by atoms with van der Waals surface area (Å²) in [6.07, 6.45) is -4.00. The van der Waals surface area contributed by atoms with Gasteiger partial charge in [-0.2, -0.15) is 9.97 Å². The van der Waals surface area contributed by atoms with Gasteiger partial charge in [-0.15, -0.1) is 0 Å². The van der Waals surface area contributed by atoms with E-state index in [1.807, 2.05) is 42.5 Å². The van der Waals surface area contributed by atoms with Gasteiger partial charge in [-0.25, -0.2) is 4.98 Å². The number of aromatic nitrogens is 4. The van der Waals surface area contributed by atoms with Crippen molar-refractivity contribution in [2.75, 3.05) is 11.5 Å². The van der Waals surface area contributed by atoms with Crippen LogP contribution in [0.15, 0.2) is 48.8 Å². The van der Waals surface area contributed by atoms with E-state index in [1.54, 1.807) is 0 Å². The minimum atomic E-state index is -4.28. The van der Waals surface area contributed by atoms with Crippen molar-refractivity contribution < 1.29 is 29.3 Å². The van der Waals surface area contributed by atoms with Gasteiger partial charge in [0.05, 0.1) is 18.6 Å². The standard InChI is InChI=1S/C21H21ClN5O6P/c22-21-25-18(24-13-6-5-11-3-1-2-4-12(11)9-13)15-19(26-21)27(10-23-15)20-17(29)16(28)14(33-20)7-8-34(30,31)32/h1-6,9-10,14,16-17,20,28-29H,7-8H2,(H,24,25,26)(H2,30,31,32). The van der Waals surface area contributed by atoms with Crippen LogP contribution in [0.4, 0.5) is 11.5 Å². The number of nitrogens with zero attached hydrogens (tertiary/aromatic N) is 4. The predicted molar refractivity (Wildman–Crippen MR) is 125 cm³/mol. The van der Waals surface area contributed by atoms with Crippen molar-refractivity contribution in [3.05, 3.63) is 54.1 Å². The third-order valence-electron chi connectivity index (χ3n) is 5.72. The van der Waals surface area contributed by atoms with Crippen LogP contribution in [0.5, 0.6) is 0 Å². The molecule has 1 fully saturated rings. The molecule has 0 bridgehead atoms. The lowest BCUT2D eigenvalue weighted by Crippen LogP contribution is -2.31. The first-order valence-corrected chi connectivity index (χ1v) is 12.6. The third kappa shape index (κ3) is 4.51. The molecule has 1 saturated heterocycles. The van der Waals surface area contributed by atoms with Crippen LogP contribution in [0.1, 0.15) is 12.6 Å². The summed E-state index contributed by atoms with van der Waals surface area (Å²) in [6, 6.07) is 13.7. The molecule has 0 amide bonds. The molecule has 178 valence electrons. The van der Waals surface area contributed by atoms with E-state index >= 15 is 0 Å². The zero-order valence-corrected chi connectivity index (χ0v) is 19.2. The van der Waals surface area contributed by atoms with Gasteiger partial charge < -0.3 is 30.1 Å². The number of imidazole rings is 1. The molecular weight excluding hydrogens is 485 g/mol. The molecule has 1 aliphatic rings. The molecule has 4 atom stereocenters. The number of ether oxygens (including phenoxy) is 1. The molecule has 11 nitrogen and oxygen atoms in total. The Morgan fingerprint density at radius 2 is 1.85 bits per heavy atom. The molecule has 34 heavy (non-hydrogen) atoms. The van der Waals surface area contributed by atoms with E-state index in [-0.39, 0.29) is 17.4 Å². The first kappa shape index (κ1) is 23.1. The highest BCUT2D eigenvalue weighted by Crippen LogP contribution is 2.40. The smallest absolute Gasteiger partial charge is 0.325 e. The number of anilines is 2. The van der Waals surface area contributed by atoms with Crippen LogP contribution in [0, 0.1) is 0 Å². The Morgan fingerprint density at radius 3 is 2.62 bits per heavy atom. The van der Waals surface area contributed by atoms with E-state index in [1.165, 1.54) is 10.9 Å². The minimum absolute atomic E-state index is 0.0661. The van der Waals surface area contributed by atoms with Crippen LogP contribution in [0.2, 0.25) is 5.28 Å². The van der Waals surface area contributed by atoms with E-state index in [4.69, 9.17) is 26.1 Å². The number of hydrogen-bond acceptors (Lipinski definition) is 8. The van der Waals surface area contributed by atoms with Crippen molar-refractivity contribution in [2.45, 2.75) is 31.0 Å². The summed E-state index contributed by atoms with van der Waals surface area (Å²) in [6.45, 7) is 0. The number of hydrogen-bond donors (Lipinski definition) is 5. The lowest BCUT2D eigenvalue weighted by molar-refractivity contribution is -0.0355. The highest BCUT2D eigenvalue weighted by atomic mass is 35.5. The number of aliphatic hydroxyl groups is 2. The fourth-order valence-electron chi connectivity index (χ4n) is 4.06. The topological polar surface area (TPSA) is 163 Å². The number of nitrogens with one attached hydrogen (secondary N) is 1. The molecule has 1 aliphatic heterocycles. The van der Waals surface area contributed by atoms with Crippen LogP contribution in [0.3, 0.4) is 0 Å². The lowest BCUT2D eigenvalue weighted by Gasteiger charge is -2.17. The summed E-state index contributed by atoms with van der Waals surface area (Å²) in [5.74, 6) is 0.343. The molecule has 2 aromatic heterocycles. The second-order valence-corrected chi connectivity index (χ2v) is 10.2. The summed E-state index contributed by atoms with van der Waals surface area (Å²) in [5, 5.41) is 26.2. The predicted octanol–water partition coefficient (Wildman–Crippen LogP) is 2.56. The monoisotopic (exact) mass is 505 g/mol.